The molecule has 2 nitrogen and oxygen atoms in total. The molecule has 1 aliphatic rings. The number of rotatable bonds is 4. The van der Waals surface area contributed by atoms with Crippen molar-refractivity contribution in [2.45, 2.75) is 32.0 Å². The van der Waals surface area contributed by atoms with E-state index in [1.54, 1.807) is 0 Å². The lowest BCUT2D eigenvalue weighted by Gasteiger charge is -2.39. The molecule has 0 aliphatic carbocycles. The molecular weight excluding hydrogens is 256 g/mol. The van der Waals surface area contributed by atoms with Gasteiger partial charge in [0.05, 0.1) is 0 Å². The van der Waals surface area contributed by atoms with Crippen LogP contribution in [0.15, 0.2) is 60.7 Å². The van der Waals surface area contributed by atoms with Crippen LogP contribution < -0.4 is 5.32 Å². The Kier molecular flexibility index (Phi) is 4.69. The second-order valence-electron chi connectivity index (χ2n) is 6.07. The maximum Gasteiger partial charge on any atom is 0.0265 e. The van der Waals surface area contributed by atoms with E-state index in [1.165, 1.54) is 11.1 Å². The minimum Gasteiger partial charge on any atom is -0.311 e. The van der Waals surface area contributed by atoms with Gasteiger partial charge in [0.15, 0.2) is 0 Å². The predicted octanol–water partition coefficient (Wildman–Crippen LogP) is 3.09. The second kappa shape index (κ2) is 6.88. The Balaban J connectivity index is 1.71. The van der Waals surface area contributed by atoms with Crippen molar-refractivity contribution < 1.29 is 0 Å². The van der Waals surface area contributed by atoms with E-state index < -0.39 is 0 Å². The number of hydrogen-bond donors (Lipinski definition) is 1. The first kappa shape index (κ1) is 14.3. The van der Waals surface area contributed by atoms with Crippen molar-refractivity contribution in [2.75, 3.05) is 13.1 Å². The van der Waals surface area contributed by atoms with Crippen molar-refractivity contribution >= 4 is 0 Å². The number of nitrogens with one attached hydrogen (secondary N) is 1. The van der Waals surface area contributed by atoms with Gasteiger partial charge in [-0.05, 0) is 24.5 Å². The highest BCUT2D eigenvalue weighted by atomic mass is 15.2. The topological polar surface area (TPSA) is 15.3 Å². The van der Waals surface area contributed by atoms with E-state index in [0.717, 1.165) is 26.1 Å². The minimum absolute atomic E-state index is 0.570. The zero-order valence-electron chi connectivity index (χ0n) is 12.7. The van der Waals surface area contributed by atoms with Crippen LogP contribution in [0.25, 0.3) is 0 Å². The molecule has 0 saturated carbocycles. The van der Waals surface area contributed by atoms with Crippen LogP contribution in [0.2, 0.25) is 0 Å². The summed E-state index contributed by atoms with van der Waals surface area (Å²) in [6, 6.07) is 22.8. The summed E-state index contributed by atoms with van der Waals surface area (Å²) in [6.45, 7) is 5.51. The first-order chi connectivity index (χ1) is 10.3. The summed E-state index contributed by atoms with van der Waals surface area (Å²) in [5, 5.41) is 3.63. The lowest BCUT2D eigenvalue weighted by molar-refractivity contribution is 0.127. The summed E-state index contributed by atoms with van der Waals surface area (Å²) < 4.78 is 0. The van der Waals surface area contributed by atoms with E-state index in [2.05, 4.69) is 77.8 Å². The van der Waals surface area contributed by atoms with E-state index in [0.29, 0.717) is 12.1 Å². The summed E-state index contributed by atoms with van der Waals surface area (Å²) in [7, 11) is 0. The van der Waals surface area contributed by atoms with Gasteiger partial charge in [0.1, 0.15) is 0 Å². The summed E-state index contributed by atoms with van der Waals surface area (Å²) >= 11 is 0. The first-order valence-corrected chi connectivity index (χ1v) is 7.86. The molecule has 2 aromatic rings. The third-order valence-electron chi connectivity index (χ3n) is 4.27. The number of benzene rings is 2. The fraction of sp³-hybridized carbons (Fsp3) is 0.368. The highest BCUT2D eigenvalue weighted by Gasteiger charge is 2.25. The second-order valence-corrected chi connectivity index (χ2v) is 6.07. The van der Waals surface area contributed by atoms with Crippen molar-refractivity contribution in [1.29, 1.82) is 0 Å². The van der Waals surface area contributed by atoms with Crippen LogP contribution in [-0.4, -0.2) is 30.1 Å². The van der Waals surface area contributed by atoms with Crippen LogP contribution >= 0.6 is 0 Å². The zero-order valence-corrected chi connectivity index (χ0v) is 12.7. The van der Waals surface area contributed by atoms with Crippen molar-refractivity contribution in [3.8, 4) is 0 Å². The molecule has 1 N–H and O–H groups in total. The van der Waals surface area contributed by atoms with E-state index in [-0.39, 0.29) is 0 Å². The van der Waals surface area contributed by atoms with Gasteiger partial charge in [0, 0.05) is 31.7 Å². The highest BCUT2D eigenvalue weighted by Crippen LogP contribution is 2.16. The monoisotopic (exact) mass is 280 g/mol. The van der Waals surface area contributed by atoms with Gasteiger partial charge in [0.2, 0.25) is 0 Å². The summed E-state index contributed by atoms with van der Waals surface area (Å²) in [4.78, 5) is 2.63. The molecule has 1 fully saturated rings. The van der Waals surface area contributed by atoms with Crippen LogP contribution in [0.1, 0.15) is 18.1 Å². The average Bonchev–Trinajstić information content (AvgIpc) is 2.52. The molecule has 2 aromatic carbocycles. The predicted molar refractivity (Wildman–Crippen MR) is 88.3 cm³/mol. The van der Waals surface area contributed by atoms with Crippen LogP contribution in [0.5, 0.6) is 0 Å². The number of nitrogens with zero attached hydrogens (tertiary/aromatic N) is 1. The summed E-state index contributed by atoms with van der Waals surface area (Å²) in [6.07, 6.45) is 1.12. The van der Waals surface area contributed by atoms with Crippen LogP contribution in [-0.2, 0) is 13.0 Å². The third-order valence-corrected chi connectivity index (χ3v) is 4.27. The molecule has 0 aromatic heterocycles. The SMILES string of the molecule is C[C@H]1CN(Cc2ccccc2)[C@@H](Cc2ccccc2)CN1. The Morgan fingerprint density at radius 3 is 2.24 bits per heavy atom. The number of hydrogen-bond acceptors (Lipinski definition) is 2. The van der Waals surface area contributed by atoms with Gasteiger partial charge in [-0.25, -0.2) is 0 Å². The molecule has 110 valence electrons. The van der Waals surface area contributed by atoms with Gasteiger partial charge in [-0.15, -0.1) is 0 Å². The van der Waals surface area contributed by atoms with Gasteiger partial charge < -0.3 is 5.32 Å². The standard InChI is InChI=1S/C19H24N2/c1-16-14-21(15-18-10-6-3-7-11-18)19(13-20-16)12-17-8-4-2-5-9-17/h2-11,16,19-20H,12-15H2,1H3/t16-,19-/m0/s1. The fourth-order valence-electron chi connectivity index (χ4n) is 3.13. The Hall–Kier alpha value is -1.64. The van der Waals surface area contributed by atoms with Crippen molar-refractivity contribution in [1.82, 2.24) is 10.2 Å². The minimum atomic E-state index is 0.570. The quantitative estimate of drug-likeness (QED) is 0.926. The van der Waals surface area contributed by atoms with E-state index >= 15 is 0 Å². The maximum atomic E-state index is 3.63. The van der Waals surface area contributed by atoms with Crippen LogP contribution in [0, 0.1) is 0 Å². The van der Waals surface area contributed by atoms with Gasteiger partial charge in [-0.1, -0.05) is 60.7 Å². The maximum absolute atomic E-state index is 3.63. The lowest BCUT2D eigenvalue weighted by atomic mass is 10.0. The smallest absolute Gasteiger partial charge is 0.0265 e. The Bertz CT molecular complexity index is 538. The molecule has 0 amide bonds. The number of piperazine rings is 1. The van der Waals surface area contributed by atoms with Gasteiger partial charge >= 0.3 is 0 Å². The fourth-order valence-corrected chi connectivity index (χ4v) is 3.13. The molecule has 0 bridgehead atoms. The molecule has 2 heteroatoms. The van der Waals surface area contributed by atoms with Crippen LogP contribution in [0.3, 0.4) is 0 Å². The molecule has 0 radical (unpaired) electrons. The lowest BCUT2D eigenvalue weighted by Crippen LogP contribution is -2.55. The average molecular weight is 280 g/mol. The Labute approximate surface area is 127 Å². The van der Waals surface area contributed by atoms with Crippen molar-refractivity contribution in [3.05, 3.63) is 71.8 Å². The molecule has 21 heavy (non-hydrogen) atoms. The summed E-state index contributed by atoms with van der Waals surface area (Å²) in [5.74, 6) is 0. The molecule has 3 rings (SSSR count). The van der Waals surface area contributed by atoms with Gasteiger partial charge in [-0.2, -0.15) is 0 Å². The Morgan fingerprint density at radius 2 is 1.57 bits per heavy atom. The molecule has 1 saturated heterocycles. The van der Waals surface area contributed by atoms with Crippen LogP contribution in [0.4, 0.5) is 0 Å². The molecule has 2 atom stereocenters. The molecular formula is C19H24N2. The van der Waals surface area contributed by atoms with E-state index in [9.17, 15) is 0 Å². The van der Waals surface area contributed by atoms with E-state index in [1.807, 2.05) is 0 Å². The Morgan fingerprint density at radius 1 is 0.952 bits per heavy atom. The van der Waals surface area contributed by atoms with E-state index in [4.69, 9.17) is 0 Å². The normalized spacial score (nSPS) is 23.1. The molecule has 0 spiro atoms. The van der Waals surface area contributed by atoms with Crippen molar-refractivity contribution in [3.63, 3.8) is 0 Å². The highest BCUT2D eigenvalue weighted by molar-refractivity contribution is 5.18. The first-order valence-electron chi connectivity index (χ1n) is 7.86. The molecule has 1 heterocycles. The third kappa shape index (κ3) is 3.93. The van der Waals surface area contributed by atoms with Gasteiger partial charge in [0.25, 0.3) is 0 Å². The van der Waals surface area contributed by atoms with Crippen molar-refractivity contribution in [2.24, 2.45) is 0 Å². The largest absolute Gasteiger partial charge is 0.311 e. The van der Waals surface area contributed by atoms with Gasteiger partial charge in [-0.3, -0.25) is 4.90 Å². The zero-order chi connectivity index (χ0) is 14.5. The molecule has 1 aliphatic heterocycles. The summed E-state index contributed by atoms with van der Waals surface area (Å²) in [5.41, 5.74) is 2.83. The molecule has 0 unspecified atom stereocenters.